The summed E-state index contributed by atoms with van der Waals surface area (Å²) in [6.45, 7) is 0. The van der Waals surface area contributed by atoms with Gasteiger partial charge in [-0.3, -0.25) is 0 Å². The van der Waals surface area contributed by atoms with Crippen molar-refractivity contribution in [2.45, 2.75) is 0 Å². The highest BCUT2D eigenvalue weighted by atomic mass is 19.2. The lowest BCUT2D eigenvalue weighted by atomic mass is 10.3. The molecule has 5 heteroatoms. The zero-order chi connectivity index (χ0) is 12.3. The minimum atomic E-state index is -1.55. The van der Waals surface area contributed by atoms with E-state index in [9.17, 15) is 13.6 Å². The standard InChI is InChI=1S/C12H5F2NO2/c13-10-7-9(17-12(16)11(10)14)5-4-8-3-1-2-6-15-8/h1-3,6-7H. The van der Waals surface area contributed by atoms with Crippen LogP contribution in [0.4, 0.5) is 8.78 Å². The molecular weight excluding hydrogens is 228 g/mol. The van der Waals surface area contributed by atoms with Crippen LogP contribution < -0.4 is 5.63 Å². The molecule has 0 aliphatic carbocycles. The van der Waals surface area contributed by atoms with Crippen LogP contribution in [0.1, 0.15) is 11.5 Å². The van der Waals surface area contributed by atoms with E-state index in [4.69, 9.17) is 0 Å². The Morgan fingerprint density at radius 2 is 2.06 bits per heavy atom. The van der Waals surface area contributed by atoms with Crippen LogP contribution in [-0.4, -0.2) is 4.98 Å². The molecule has 84 valence electrons. The van der Waals surface area contributed by atoms with E-state index < -0.39 is 17.3 Å². The summed E-state index contributed by atoms with van der Waals surface area (Å²) in [7, 11) is 0. The number of pyridine rings is 1. The highest BCUT2D eigenvalue weighted by Gasteiger charge is 2.09. The van der Waals surface area contributed by atoms with E-state index in [0.717, 1.165) is 0 Å². The summed E-state index contributed by atoms with van der Waals surface area (Å²) >= 11 is 0. The number of hydrogen-bond acceptors (Lipinski definition) is 3. The predicted molar refractivity (Wildman–Crippen MR) is 55.1 cm³/mol. The van der Waals surface area contributed by atoms with Gasteiger partial charge in [0.25, 0.3) is 0 Å². The Morgan fingerprint density at radius 3 is 2.71 bits per heavy atom. The van der Waals surface area contributed by atoms with Crippen LogP contribution in [0, 0.1) is 23.5 Å². The molecule has 0 fully saturated rings. The fraction of sp³-hybridized carbons (Fsp3) is 0. The van der Waals surface area contributed by atoms with Gasteiger partial charge < -0.3 is 4.42 Å². The molecule has 0 radical (unpaired) electrons. The molecule has 0 bridgehead atoms. The third kappa shape index (κ3) is 2.55. The van der Waals surface area contributed by atoms with E-state index >= 15 is 0 Å². The summed E-state index contributed by atoms with van der Waals surface area (Å²) in [4.78, 5) is 14.7. The lowest BCUT2D eigenvalue weighted by Crippen LogP contribution is -2.08. The van der Waals surface area contributed by atoms with E-state index in [1.165, 1.54) is 6.20 Å². The first-order chi connectivity index (χ1) is 8.16. The maximum Gasteiger partial charge on any atom is 0.376 e. The number of nitrogens with zero attached hydrogens (tertiary/aromatic N) is 1. The summed E-state index contributed by atoms with van der Waals surface area (Å²) in [5.41, 5.74) is -0.949. The van der Waals surface area contributed by atoms with Crippen molar-refractivity contribution in [1.82, 2.24) is 4.98 Å². The molecule has 0 saturated heterocycles. The van der Waals surface area contributed by atoms with Gasteiger partial charge >= 0.3 is 5.63 Å². The molecule has 17 heavy (non-hydrogen) atoms. The minimum Gasteiger partial charge on any atom is -0.412 e. The summed E-state index contributed by atoms with van der Waals surface area (Å²) < 4.78 is 29.9. The first kappa shape index (κ1) is 11.0. The second-order valence-corrected chi connectivity index (χ2v) is 3.03. The number of halogens is 2. The molecule has 0 aromatic carbocycles. The average molecular weight is 233 g/mol. The van der Waals surface area contributed by atoms with Gasteiger partial charge in [0.2, 0.25) is 5.82 Å². The van der Waals surface area contributed by atoms with Gasteiger partial charge in [0.1, 0.15) is 5.69 Å². The maximum atomic E-state index is 12.8. The molecule has 2 aromatic heterocycles. The van der Waals surface area contributed by atoms with Gasteiger partial charge in [-0.15, -0.1) is 0 Å². The summed E-state index contributed by atoms with van der Waals surface area (Å²) in [6, 6.07) is 5.78. The second kappa shape index (κ2) is 4.58. The molecule has 0 aliphatic rings. The summed E-state index contributed by atoms with van der Waals surface area (Å²) in [6.07, 6.45) is 1.53. The van der Waals surface area contributed by atoms with Crippen LogP contribution >= 0.6 is 0 Å². The minimum absolute atomic E-state index is 0.250. The lowest BCUT2D eigenvalue weighted by molar-refractivity contribution is 0.402. The molecule has 0 amide bonds. The topological polar surface area (TPSA) is 43.1 Å². The molecule has 0 spiro atoms. The van der Waals surface area contributed by atoms with Crippen LogP contribution in [0.5, 0.6) is 0 Å². The number of rotatable bonds is 0. The Kier molecular flexibility index (Phi) is 2.97. The van der Waals surface area contributed by atoms with Crippen molar-refractivity contribution >= 4 is 0 Å². The van der Waals surface area contributed by atoms with Crippen LogP contribution in [0.15, 0.2) is 39.7 Å². The van der Waals surface area contributed by atoms with Crippen molar-refractivity contribution in [3.8, 4) is 11.8 Å². The average Bonchev–Trinajstić information content (AvgIpc) is 2.34. The van der Waals surface area contributed by atoms with Crippen molar-refractivity contribution in [2.24, 2.45) is 0 Å². The van der Waals surface area contributed by atoms with Crippen LogP contribution in [0.2, 0.25) is 0 Å². The number of aromatic nitrogens is 1. The van der Waals surface area contributed by atoms with Crippen molar-refractivity contribution < 1.29 is 13.2 Å². The molecule has 0 atom stereocenters. The zero-order valence-electron chi connectivity index (χ0n) is 8.41. The third-order valence-electron chi connectivity index (χ3n) is 1.83. The zero-order valence-corrected chi connectivity index (χ0v) is 8.41. The molecule has 0 aliphatic heterocycles. The Hall–Kier alpha value is -2.48. The fourth-order valence-electron chi connectivity index (χ4n) is 1.07. The Bertz CT molecular complexity index is 654. The first-order valence-electron chi connectivity index (χ1n) is 4.59. The summed E-state index contributed by atoms with van der Waals surface area (Å²) in [5, 5.41) is 0. The van der Waals surface area contributed by atoms with Gasteiger partial charge in [-0.1, -0.05) is 6.07 Å². The molecule has 0 unspecified atom stereocenters. The van der Waals surface area contributed by atoms with Gasteiger partial charge in [0.15, 0.2) is 11.6 Å². The molecule has 3 nitrogen and oxygen atoms in total. The summed E-state index contributed by atoms with van der Waals surface area (Å²) in [5.74, 6) is 1.85. The van der Waals surface area contributed by atoms with Gasteiger partial charge in [-0.05, 0) is 24.0 Å². The van der Waals surface area contributed by atoms with Crippen molar-refractivity contribution in [3.63, 3.8) is 0 Å². The monoisotopic (exact) mass is 233 g/mol. The van der Waals surface area contributed by atoms with Crippen LogP contribution in [0.25, 0.3) is 0 Å². The van der Waals surface area contributed by atoms with Gasteiger partial charge in [0.05, 0.1) is 0 Å². The van der Waals surface area contributed by atoms with E-state index in [-0.39, 0.29) is 5.76 Å². The van der Waals surface area contributed by atoms with Gasteiger partial charge in [-0.2, -0.15) is 4.39 Å². The number of hydrogen-bond donors (Lipinski definition) is 0. The molecular formula is C12H5F2NO2. The Morgan fingerprint density at radius 1 is 1.24 bits per heavy atom. The highest BCUT2D eigenvalue weighted by molar-refractivity contribution is 5.34. The highest BCUT2D eigenvalue weighted by Crippen LogP contribution is 2.03. The van der Waals surface area contributed by atoms with Gasteiger partial charge in [0, 0.05) is 12.3 Å². The lowest BCUT2D eigenvalue weighted by Gasteiger charge is -1.91. The van der Waals surface area contributed by atoms with Crippen molar-refractivity contribution in [2.75, 3.05) is 0 Å². The quantitative estimate of drug-likeness (QED) is 0.650. The van der Waals surface area contributed by atoms with Gasteiger partial charge in [-0.25, -0.2) is 14.2 Å². The molecule has 0 saturated carbocycles. The Labute approximate surface area is 94.7 Å². The normalized spacial score (nSPS) is 9.53. The van der Waals surface area contributed by atoms with Crippen LogP contribution in [-0.2, 0) is 0 Å². The van der Waals surface area contributed by atoms with E-state index in [0.29, 0.717) is 11.8 Å². The largest absolute Gasteiger partial charge is 0.412 e. The van der Waals surface area contributed by atoms with Crippen LogP contribution in [0.3, 0.4) is 0 Å². The van der Waals surface area contributed by atoms with E-state index in [2.05, 4.69) is 21.2 Å². The maximum absolute atomic E-state index is 12.8. The molecule has 2 aromatic rings. The fourth-order valence-corrected chi connectivity index (χ4v) is 1.07. The molecule has 2 rings (SSSR count). The second-order valence-electron chi connectivity index (χ2n) is 3.03. The SMILES string of the molecule is O=c1oc(C#Cc2ccccn2)cc(F)c1F. The smallest absolute Gasteiger partial charge is 0.376 e. The third-order valence-corrected chi connectivity index (χ3v) is 1.83. The van der Waals surface area contributed by atoms with E-state index in [1.54, 1.807) is 18.2 Å². The molecule has 2 heterocycles. The first-order valence-corrected chi connectivity index (χ1v) is 4.59. The van der Waals surface area contributed by atoms with Crippen molar-refractivity contribution in [1.29, 1.82) is 0 Å². The molecule has 0 N–H and O–H groups in total. The predicted octanol–water partition coefficient (Wildman–Crippen LogP) is 1.71. The van der Waals surface area contributed by atoms with E-state index in [1.807, 2.05) is 0 Å². The van der Waals surface area contributed by atoms with Crippen molar-refractivity contribution in [3.05, 3.63) is 64.0 Å². The Balaban J connectivity index is 2.38.